The van der Waals surface area contributed by atoms with Crippen molar-refractivity contribution in [2.45, 2.75) is 33.2 Å². The predicted octanol–water partition coefficient (Wildman–Crippen LogP) is 5.44. The fraction of sp³-hybridized carbons (Fsp3) is 0.333. The number of benzene rings is 3. The van der Waals surface area contributed by atoms with Gasteiger partial charge in [0.15, 0.2) is 0 Å². The molecule has 1 N–H and O–H groups in total. The molecule has 0 aliphatic carbocycles. The van der Waals surface area contributed by atoms with Crippen LogP contribution < -0.4 is 10.9 Å². The molecule has 7 nitrogen and oxygen atoms in total. The minimum atomic E-state index is -2.66. The molecule has 2 heterocycles. The fourth-order valence-corrected chi connectivity index (χ4v) is 7.60. The molecule has 35 heavy (non-hydrogen) atoms. The molecule has 182 valence electrons. The third kappa shape index (κ3) is 4.16. The third-order valence-electron chi connectivity index (χ3n) is 6.34. The second kappa shape index (κ2) is 9.91. The van der Waals surface area contributed by atoms with Crippen molar-refractivity contribution in [2.75, 3.05) is 31.7 Å². The Morgan fingerprint density at radius 2 is 1.57 bits per heavy atom. The molecule has 0 aliphatic heterocycles. The zero-order chi connectivity index (χ0) is 24.4. The summed E-state index contributed by atoms with van der Waals surface area (Å²) < 4.78 is 19.7. The van der Waals surface area contributed by atoms with Crippen molar-refractivity contribution in [3.8, 4) is 0 Å². The molecule has 0 atom stereocenters. The number of pyridine rings is 1. The van der Waals surface area contributed by atoms with Gasteiger partial charge in [-0.3, -0.25) is 9.20 Å². The molecular weight excluding hydrogens is 458 g/mol. The zero-order valence-electron chi connectivity index (χ0n) is 20.5. The van der Waals surface area contributed by atoms with E-state index in [0.717, 1.165) is 51.9 Å². The Labute approximate surface area is 205 Å². The molecule has 0 fully saturated rings. The van der Waals surface area contributed by atoms with Gasteiger partial charge in [0.05, 0.1) is 11.0 Å². The van der Waals surface area contributed by atoms with E-state index in [1.807, 2.05) is 69.3 Å². The van der Waals surface area contributed by atoms with Crippen LogP contribution in [0.15, 0.2) is 59.4 Å². The van der Waals surface area contributed by atoms with Gasteiger partial charge < -0.3 is 18.6 Å². The highest BCUT2D eigenvalue weighted by molar-refractivity contribution is 6.60. The first-order valence-electron chi connectivity index (χ1n) is 12.4. The van der Waals surface area contributed by atoms with Crippen LogP contribution in [0.1, 0.15) is 27.2 Å². The van der Waals surface area contributed by atoms with E-state index >= 15 is 0 Å². The number of hydrogen-bond donors (Lipinski definition) is 1. The lowest BCUT2D eigenvalue weighted by Crippen LogP contribution is -2.46. The van der Waals surface area contributed by atoms with Crippen LogP contribution in [0, 0.1) is 0 Å². The lowest BCUT2D eigenvalue weighted by molar-refractivity contribution is 0.0710. The standard InChI is InChI=1S/C27H31N3O4Si/c1-4-32-35(33-5-2,34-6-3)18-10-17-28-22-16-15-21-25-19(22)11-9-12-20(25)26-29-23-13-7-8-14-24(23)30(26)27(21)31/h7-9,11-16,28H,4-6,10,17-18H2,1-3H3. The Kier molecular flexibility index (Phi) is 6.70. The number of anilines is 1. The monoisotopic (exact) mass is 489 g/mol. The van der Waals surface area contributed by atoms with Gasteiger partial charge in [-0.2, -0.15) is 0 Å². The van der Waals surface area contributed by atoms with Crippen molar-refractivity contribution in [3.05, 3.63) is 65.0 Å². The molecule has 0 saturated carbocycles. The lowest BCUT2D eigenvalue weighted by atomic mass is 10.0. The molecular formula is C27H31N3O4Si. The summed E-state index contributed by atoms with van der Waals surface area (Å²) in [4.78, 5) is 18.3. The number of aromatic nitrogens is 2. The van der Waals surface area contributed by atoms with Gasteiger partial charge in [0, 0.05) is 59.6 Å². The number of fused-ring (bicyclic) bond motifs is 4. The largest absolute Gasteiger partial charge is 0.500 e. The average molecular weight is 490 g/mol. The summed E-state index contributed by atoms with van der Waals surface area (Å²) >= 11 is 0. The summed E-state index contributed by atoms with van der Waals surface area (Å²) in [6.45, 7) is 8.40. The van der Waals surface area contributed by atoms with Crippen LogP contribution in [0.5, 0.6) is 0 Å². The summed E-state index contributed by atoms with van der Waals surface area (Å²) in [7, 11) is -2.66. The Balaban J connectivity index is 1.48. The van der Waals surface area contributed by atoms with Crippen LogP contribution in [0.25, 0.3) is 38.2 Å². The van der Waals surface area contributed by atoms with Crippen molar-refractivity contribution >= 4 is 52.7 Å². The van der Waals surface area contributed by atoms with E-state index < -0.39 is 8.80 Å². The van der Waals surface area contributed by atoms with Crippen molar-refractivity contribution < 1.29 is 13.3 Å². The summed E-state index contributed by atoms with van der Waals surface area (Å²) in [6, 6.07) is 18.6. The Morgan fingerprint density at radius 3 is 2.31 bits per heavy atom. The predicted molar refractivity (Wildman–Crippen MR) is 144 cm³/mol. The molecule has 3 aromatic carbocycles. The molecule has 0 unspecified atom stereocenters. The van der Waals surface area contributed by atoms with Gasteiger partial charge in [-0.05, 0) is 51.5 Å². The number of nitrogens with zero attached hydrogens (tertiary/aromatic N) is 2. The van der Waals surface area contributed by atoms with E-state index in [1.165, 1.54) is 0 Å². The number of nitrogens with one attached hydrogen (secondary N) is 1. The van der Waals surface area contributed by atoms with Gasteiger partial charge in [-0.1, -0.05) is 30.3 Å². The van der Waals surface area contributed by atoms with E-state index in [1.54, 1.807) is 4.40 Å². The maximum atomic E-state index is 13.5. The molecule has 2 aromatic heterocycles. The number of imidazole rings is 1. The highest BCUT2D eigenvalue weighted by Gasteiger charge is 2.39. The van der Waals surface area contributed by atoms with Crippen LogP contribution in [-0.2, 0) is 13.3 Å². The third-order valence-corrected chi connectivity index (χ3v) is 9.50. The van der Waals surface area contributed by atoms with Gasteiger partial charge in [0.1, 0.15) is 5.65 Å². The average Bonchev–Trinajstić information content (AvgIpc) is 3.26. The molecule has 8 heteroatoms. The topological polar surface area (TPSA) is 74.1 Å². The summed E-state index contributed by atoms with van der Waals surface area (Å²) in [5, 5.41) is 7.23. The minimum absolute atomic E-state index is 0.0372. The zero-order valence-corrected chi connectivity index (χ0v) is 21.5. The van der Waals surface area contributed by atoms with Gasteiger partial charge in [0.2, 0.25) is 0 Å². The molecule has 5 aromatic rings. The quantitative estimate of drug-likeness (QED) is 0.197. The summed E-state index contributed by atoms with van der Waals surface area (Å²) in [6.07, 6.45) is 0.851. The molecule has 0 bridgehead atoms. The Morgan fingerprint density at radius 1 is 0.857 bits per heavy atom. The Hall–Kier alpha value is -3.04. The van der Waals surface area contributed by atoms with Crippen molar-refractivity contribution in [2.24, 2.45) is 0 Å². The number of hydrogen-bond acceptors (Lipinski definition) is 6. The van der Waals surface area contributed by atoms with E-state index in [9.17, 15) is 4.79 Å². The fourth-order valence-electron chi connectivity index (χ4n) is 4.99. The van der Waals surface area contributed by atoms with Crippen molar-refractivity contribution in [1.82, 2.24) is 9.38 Å². The number of rotatable bonds is 11. The van der Waals surface area contributed by atoms with Crippen LogP contribution in [0.3, 0.4) is 0 Å². The van der Waals surface area contributed by atoms with Crippen LogP contribution in [-0.4, -0.2) is 44.6 Å². The highest BCUT2D eigenvalue weighted by atomic mass is 28.4. The molecule has 0 amide bonds. The maximum absolute atomic E-state index is 13.5. The molecule has 0 radical (unpaired) electrons. The molecule has 0 saturated heterocycles. The maximum Gasteiger partial charge on any atom is 0.500 e. The SMILES string of the molecule is CCO[Si](CCCNc1ccc2c(=O)n3c4ccccc4nc3c3cccc1c23)(OCC)OCC. The van der Waals surface area contributed by atoms with Crippen LogP contribution in [0.2, 0.25) is 6.04 Å². The van der Waals surface area contributed by atoms with Crippen LogP contribution >= 0.6 is 0 Å². The first-order chi connectivity index (χ1) is 17.1. The normalized spacial score (nSPS) is 12.4. The second-order valence-corrected chi connectivity index (χ2v) is 11.2. The Bertz CT molecular complexity index is 1520. The van der Waals surface area contributed by atoms with E-state index in [0.29, 0.717) is 30.9 Å². The number of para-hydroxylation sites is 2. The first kappa shape index (κ1) is 23.7. The van der Waals surface area contributed by atoms with Gasteiger partial charge >= 0.3 is 8.80 Å². The molecule has 0 aliphatic rings. The lowest BCUT2D eigenvalue weighted by Gasteiger charge is -2.28. The second-order valence-electron chi connectivity index (χ2n) is 8.47. The van der Waals surface area contributed by atoms with E-state index in [2.05, 4.69) is 11.4 Å². The highest BCUT2D eigenvalue weighted by Crippen LogP contribution is 2.33. The summed E-state index contributed by atoms with van der Waals surface area (Å²) in [5.41, 5.74) is 3.32. The summed E-state index contributed by atoms with van der Waals surface area (Å²) in [5.74, 6) is 0. The van der Waals surface area contributed by atoms with Gasteiger partial charge in [-0.25, -0.2) is 4.98 Å². The van der Waals surface area contributed by atoms with E-state index in [4.69, 9.17) is 18.3 Å². The minimum Gasteiger partial charge on any atom is -0.385 e. The molecule has 5 rings (SSSR count). The van der Waals surface area contributed by atoms with Crippen molar-refractivity contribution in [3.63, 3.8) is 0 Å². The molecule has 0 spiro atoms. The van der Waals surface area contributed by atoms with Crippen LogP contribution in [0.4, 0.5) is 5.69 Å². The van der Waals surface area contributed by atoms with E-state index in [-0.39, 0.29) is 5.56 Å². The smallest absolute Gasteiger partial charge is 0.385 e. The first-order valence-corrected chi connectivity index (χ1v) is 14.3. The van der Waals surface area contributed by atoms with Gasteiger partial charge in [0.25, 0.3) is 5.56 Å². The van der Waals surface area contributed by atoms with Gasteiger partial charge in [-0.15, -0.1) is 0 Å². The van der Waals surface area contributed by atoms with Crippen molar-refractivity contribution in [1.29, 1.82) is 0 Å².